The lowest BCUT2D eigenvalue weighted by Gasteiger charge is -2.40. The maximum atomic E-state index is 12.1. The summed E-state index contributed by atoms with van der Waals surface area (Å²) < 4.78 is 0. The van der Waals surface area contributed by atoms with Gasteiger partial charge in [0.15, 0.2) is 0 Å². The van der Waals surface area contributed by atoms with Crippen LogP contribution < -0.4 is 11.1 Å². The van der Waals surface area contributed by atoms with Crippen LogP contribution in [0, 0.1) is 5.41 Å². The smallest absolute Gasteiger partial charge is 0.237 e. The Bertz CT molecular complexity index is 554. The Kier molecular flexibility index (Phi) is 14.4. The number of hydrogen-bond acceptors (Lipinski definition) is 4. The number of benzene rings is 1. The highest BCUT2D eigenvalue weighted by molar-refractivity contribution is 5.86. The van der Waals surface area contributed by atoms with Crippen molar-refractivity contribution in [2.24, 2.45) is 11.1 Å². The van der Waals surface area contributed by atoms with Gasteiger partial charge in [-0.1, -0.05) is 51.1 Å². The average molecular weight is 456 g/mol. The SMILES string of the molecule is CN1CCN(CCCNC(=O)[C@@H](N)C(C)(C)C)C(c2ccccc2)C1.Cl.Cl.Cl. The molecule has 1 heterocycles. The van der Waals surface area contributed by atoms with Crippen molar-refractivity contribution in [3.63, 3.8) is 0 Å². The van der Waals surface area contributed by atoms with Crippen molar-refractivity contribution in [3.05, 3.63) is 35.9 Å². The van der Waals surface area contributed by atoms with Gasteiger partial charge in [-0.2, -0.15) is 0 Å². The van der Waals surface area contributed by atoms with Crippen molar-refractivity contribution in [1.29, 1.82) is 0 Å². The molecule has 1 aliphatic heterocycles. The monoisotopic (exact) mass is 454 g/mol. The molecule has 28 heavy (non-hydrogen) atoms. The number of carbonyl (C=O) groups excluding carboxylic acids is 1. The van der Waals surface area contributed by atoms with E-state index in [4.69, 9.17) is 5.73 Å². The number of nitrogens with one attached hydrogen (secondary N) is 1. The van der Waals surface area contributed by atoms with Gasteiger partial charge in [0, 0.05) is 38.8 Å². The molecule has 1 saturated heterocycles. The predicted molar refractivity (Wildman–Crippen MR) is 125 cm³/mol. The van der Waals surface area contributed by atoms with Crippen LogP contribution in [0.3, 0.4) is 0 Å². The molecule has 0 spiro atoms. The average Bonchev–Trinajstić information content (AvgIpc) is 2.58. The summed E-state index contributed by atoms with van der Waals surface area (Å²) in [5.41, 5.74) is 7.16. The third-order valence-electron chi connectivity index (χ3n) is 5.02. The van der Waals surface area contributed by atoms with Crippen LogP contribution >= 0.6 is 37.2 Å². The Balaban J connectivity index is 0. The van der Waals surface area contributed by atoms with Gasteiger partial charge in [0.2, 0.25) is 5.91 Å². The molecule has 0 bridgehead atoms. The zero-order chi connectivity index (χ0) is 18.4. The van der Waals surface area contributed by atoms with Crippen LogP contribution in [0.5, 0.6) is 0 Å². The molecule has 1 amide bonds. The van der Waals surface area contributed by atoms with E-state index in [0.717, 1.165) is 32.6 Å². The minimum Gasteiger partial charge on any atom is -0.355 e. The second kappa shape index (κ2) is 13.6. The van der Waals surface area contributed by atoms with E-state index in [1.165, 1.54) is 5.56 Å². The molecule has 2 rings (SSSR count). The first-order valence-corrected chi connectivity index (χ1v) is 9.30. The normalized spacial score (nSPS) is 18.8. The summed E-state index contributed by atoms with van der Waals surface area (Å²) in [5.74, 6) is -0.0505. The van der Waals surface area contributed by atoms with Crippen LogP contribution in [0.15, 0.2) is 30.3 Å². The van der Waals surface area contributed by atoms with Crippen molar-refractivity contribution >= 4 is 43.1 Å². The van der Waals surface area contributed by atoms with Gasteiger partial charge in [-0.3, -0.25) is 9.69 Å². The summed E-state index contributed by atoms with van der Waals surface area (Å²) in [5, 5.41) is 2.99. The number of piperazine rings is 1. The first-order valence-electron chi connectivity index (χ1n) is 9.30. The highest BCUT2D eigenvalue weighted by Gasteiger charge is 2.28. The summed E-state index contributed by atoms with van der Waals surface area (Å²) >= 11 is 0. The van der Waals surface area contributed by atoms with E-state index < -0.39 is 6.04 Å². The van der Waals surface area contributed by atoms with Crippen molar-refractivity contribution in [3.8, 4) is 0 Å². The van der Waals surface area contributed by atoms with Crippen molar-refractivity contribution in [2.45, 2.75) is 39.3 Å². The largest absolute Gasteiger partial charge is 0.355 e. The minimum absolute atomic E-state index is 0. The molecule has 1 aromatic carbocycles. The van der Waals surface area contributed by atoms with E-state index in [1.807, 2.05) is 20.8 Å². The third-order valence-corrected chi connectivity index (χ3v) is 5.02. The Morgan fingerprint density at radius 3 is 2.36 bits per heavy atom. The van der Waals surface area contributed by atoms with Crippen LogP contribution in [0.4, 0.5) is 0 Å². The van der Waals surface area contributed by atoms with Crippen LogP contribution in [0.1, 0.15) is 38.8 Å². The maximum Gasteiger partial charge on any atom is 0.237 e. The summed E-state index contributed by atoms with van der Waals surface area (Å²) in [6, 6.07) is 10.7. The second-order valence-electron chi connectivity index (χ2n) is 8.21. The molecular weight excluding hydrogens is 419 g/mol. The maximum absolute atomic E-state index is 12.1. The molecule has 164 valence electrons. The van der Waals surface area contributed by atoms with Gasteiger partial charge in [-0.15, -0.1) is 37.2 Å². The zero-order valence-corrected chi connectivity index (χ0v) is 19.8. The number of nitrogens with zero attached hydrogens (tertiary/aromatic N) is 2. The van der Waals surface area contributed by atoms with Gasteiger partial charge < -0.3 is 16.0 Å². The number of likely N-dealkylation sites (N-methyl/N-ethyl adjacent to an activating group) is 1. The number of hydrogen-bond donors (Lipinski definition) is 2. The molecule has 0 saturated carbocycles. The van der Waals surface area contributed by atoms with Gasteiger partial charge in [0.25, 0.3) is 0 Å². The Morgan fingerprint density at radius 2 is 1.79 bits per heavy atom. The lowest BCUT2D eigenvalue weighted by atomic mass is 9.87. The van der Waals surface area contributed by atoms with E-state index in [0.29, 0.717) is 12.6 Å². The van der Waals surface area contributed by atoms with E-state index in [-0.39, 0.29) is 48.5 Å². The fourth-order valence-electron chi connectivity index (χ4n) is 3.21. The van der Waals surface area contributed by atoms with Crippen LogP contribution in [0.25, 0.3) is 0 Å². The zero-order valence-electron chi connectivity index (χ0n) is 17.4. The minimum atomic E-state index is -0.465. The van der Waals surface area contributed by atoms with E-state index in [2.05, 4.69) is 52.5 Å². The van der Waals surface area contributed by atoms with E-state index >= 15 is 0 Å². The van der Waals surface area contributed by atoms with E-state index in [1.54, 1.807) is 0 Å². The highest BCUT2D eigenvalue weighted by Crippen LogP contribution is 2.24. The van der Waals surface area contributed by atoms with Gasteiger partial charge in [-0.25, -0.2) is 0 Å². The molecular formula is C20H37Cl3N4O. The van der Waals surface area contributed by atoms with Gasteiger partial charge in [-0.05, 0) is 24.4 Å². The molecule has 0 aliphatic carbocycles. The van der Waals surface area contributed by atoms with Gasteiger partial charge in [0.05, 0.1) is 6.04 Å². The molecule has 3 N–H and O–H groups in total. The molecule has 8 heteroatoms. The molecule has 1 aliphatic rings. The van der Waals surface area contributed by atoms with Crippen molar-refractivity contribution in [2.75, 3.05) is 39.8 Å². The molecule has 1 unspecified atom stereocenters. The molecule has 0 aromatic heterocycles. The first-order chi connectivity index (χ1) is 11.8. The second-order valence-corrected chi connectivity index (χ2v) is 8.21. The fraction of sp³-hybridized carbons (Fsp3) is 0.650. The van der Waals surface area contributed by atoms with E-state index in [9.17, 15) is 4.79 Å². The number of rotatable bonds is 6. The molecule has 5 nitrogen and oxygen atoms in total. The Labute approximate surface area is 189 Å². The summed E-state index contributed by atoms with van der Waals surface area (Å²) in [6.07, 6.45) is 0.940. The lowest BCUT2D eigenvalue weighted by Crippen LogP contribution is -2.49. The molecule has 1 fully saturated rings. The van der Waals surface area contributed by atoms with Crippen molar-refractivity contribution in [1.82, 2.24) is 15.1 Å². The molecule has 1 aromatic rings. The lowest BCUT2D eigenvalue weighted by molar-refractivity contribution is -0.124. The number of amides is 1. The Morgan fingerprint density at radius 1 is 1.18 bits per heavy atom. The van der Waals surface area contributed by atoms with Crippen LogP contribution in [-0.2, 0) is 4.79 Å². The predicted octanol–water partition coefficient (Wildman–Crippen LogP) is 3.12. The summed E-state index contributed by atoms with van der Waals surface area (Å²) in [7, 11) is 2.18. The first kappa shape index (κ1) is 29.6. The number of nitrogens with two attached hydrogens (primary N) is 1. The summed E-state index contributed by atoms with van der Waals surface area (Å²) in [4.78, 5) is 17.0. The standard InChI is InChI=1S/C20H34N4O.3ClH/c1-20(2,3)18(21)19(25)22-11-8-12-24-14-13-23(4)15-17(24)16-9-6-5-7-10-16;;;/h5-7,9-10,17-18H,8,11-15,21H2,1-4H3,(H,22,25);3*1H/t17?,18-;;;/m1.../s1. The summed E-state index contributed by atoms with van der Waals surface area (Å²) in [6.45, 7) is 10.8. The highest BCUT2D eigenvalue weighted by atomic mass is 35.5. The quantitative estimate of drug-likeness (QED) is 0.647. The topological polar surface area (TPSA) is 61.6 Å². The van der Waals surface area contributed by atoms with Crippen molar-refractivity contribution < 1.29 is 4.79 Å². The third kappa shape index (κ3) is 8.85. The number of carbonyl (C=O) groups is 1. The fourth-order valence-corrected chi connectivity index (χ4v) is 3.21. The van der Waals surface area contributed by atoms with Crippen LogP contribution in [-0.4, -0.2) is 61.5 Å². The molecule has 0 radical (unpaired) electrons. The van der Waals surface area contributed by atoms with Gasteiger partial charge in [0.1, 0.15) is 0 Å². The molecule has 2 atom stereocenters. The van der Waals surface area contributed by atoms with Crippen LogP contribution in [0.2, 0.25) is 0 Å². The van der Waals surface area contributed by atoms with Gasteiger partial charge >= 0.3 is 0 Å². The number of halogens is 3. The Hall–Kier alpha value is -0.560.